The van der Waals surface area contributed by atoms with Gasteiger partial charge in [0.15, 0.2) is 11.6 Å². The van der Waals surface area contributed by atoms with E-state index >= 15 is 0 Å². The lowest BCUT2D eigenvalue weighted by atomic mass is 9.51. The van der Waals surface area contributed by atoms with E-state index in [0.717, 1.165) is 29.9 Å². The first-order chi connectivity index (χ1) is 10.5. The quantitative estimate of drug-likeness (QED) is 0.590. The van der Waals surface area contributed by atoms with Crippen LogP contribution in [0.3, 0.4) is 0 Å². The van der Waals surface area contributed by atoms with Gasteiger partial charge in [0.25, 0.3) is 0 Å². The third-order valence-corrected chi connectivity index (χ3v) is 5.56. The molecular weight excluding hydrogens is 288 g/mol. The Kier molecular flexibility index (Phi) is 2.63. The highest BCUT2D eigenvalue weighted by Gasteiger charge is 2.67. The molecule has 0 spiro atoms. The predicted molar refractivity (Wildman–Crippen MR) is 74.7 cm³/mol. The van der Waals surface area contributed by atoms with Crippen LogP contribution in [-0.4, -0.2) is 23.8 Å². The largest absolute Gasteiger partial charge is 0.285 e. The van der Waals surface area contributed by atoms with Crippen molar-refractivity contribution >= 4 is 11.8 Å². The zero-order chi connectivity index (χ0) is 15.6. The molecule has 5 rings (SSSR count). The van der Waals surface area contributed by atoms with Gasteiger partial charge in [0.05, 0.1) is 11.3 Å². The van der Waals surface area contributed by atoms with Gasteiger partial charge in [-0.3, -0.25) is 14.5 Å². The number of hydrogen-bond donors (Lipinski definition) is 0. The molecule has 0 aromatic heterocycles. The van der Waals surface area contributed by atoms with Gasteiger partial charge in [-0.15, -0.1) is 0 Å². The lowest BCUT2D eigenvalue weighted by Gasteiger charge is -2.48. The Hall–Kier alpha value is -2.04. The highest BCUT2D eigenvalue weighted by molar-refractivity contribution is 6.11. The number of hydrogen-bond acceptors (Lipinski definition) is 2. The molecule has 4 unspecified atom stereocenters. The molecule has 3 aliphatic carbocycles. The molecule has 1 heterocycles. The summed E-state index contributed by atoms with van der Waals surface area (Å²) < 4.78 is 27.0. The first-order valence-corrected chi connectivity index (χ1v) is 7.43. The van der Waals surface area contributed by atoms with E-state index in [0.29, 0.717) is 5.56 Å². The van der Waals surface area contributed by atoms with E-state index in [1.165, 1.54) is 13.1 Å². The molecule has 22 heavy (non-hydrogen) atoms. The number of halogens is 2. The van der Waals surface area contributed by atoms with Crippen LogP contribution in [0.5, 0.6) is 0 Å². The molecule has 114 valence electrons. The predicted octanol–water partition coefficient (Wildman–Crippen LogP) is 2.41. The Bertz CT molecular complexity index is 729. The molecule has 4 aliphatic rings. The molecule has 2 fully saturated rings. The molecule has 3 nitrogen and oxygen atoms in total. The first-order valence-electron chi connectivity index (χ1n) is 7.43. The van der Waals surface area contributed by atoms with Gasteiger partial charge in [-0.25, -0.2) is 8.78 Å². The second kappa shape index (κ2) is 4.24. The summed E-state index contributed by atoms with van der Waals surface area (Å²) in [4.78, 5) is 26.6. The molecule has 1 saturated carbocycles. The summed E-state index contributed by atoms with van der Waals surface area (Å²) in [5, 5.41) is 0. The summed E-state index contributed by atoms with van der Waals surface area (Å²) in [7, 11) is 1.48. The van der Waals surface area contributed by atoms with Gasteiger partial charge in [0, 0.05) is 7.05 Å². The molecule has 1 saturated heterocycles. The summed E-state index contributed by atoms with van der Waals surface area (Å²) in [6, 6.07) is 3.57. The average molecular weight is 303 g/mol. The van der Waals surface area contributed by atoms with Crippen LogP contribution in [0.2, 0.25) is 0 Å². The van der Waals surface area contributed by atoms with Crippen molar-refractivity contribution in [1.29, 1.82) is 0 Å². The third-order valence-electron chi connectivity index (χ3n) is 5.56. The van der Waals surface area contributed by atoms with Crippen LogP contribution in [0.15, 0.2) is 30.4 Å². The van der Waals surface area contributed by atoms with Crippen molar-refractivity contribution in [2.75, 3.05) is 7.05 Å². The molecule has 5 heteroatoms. The maximum absolute atomic E-state index is 13.7. The van der Waals surface area contributed by atoms with E-state index in [1.54, 1.807) is 0 Å². The average Bonchev–Trinajstić information content (AvgIpc) is 2.75. The minimum atomic E-state index is -1.07. The van der Waals surface area contributed by atoms with Crippen molar-refractivity contribution in [2.45, 2.75) is 18.3 Å². The second-order valence-corrected chi connectivity index (χ2v) is 6.41. The maximum atomic E-state index is 13.7. The van der Waals surface area contributed by atoms with Crippen molar-refractivity contribution in [3.63, 3.8) is 0 Å². The molecular formula is C17H15F2NO2. The summed E-state index contributed by atoms with van der Waals surface area (Å²) in [6.07, 6.45) is 5.60. The number of rotatable bonds is 1. The lowest BCUT2D eigenvalue weighted by molar-refractivity contribution is -0.138. The van der Waals surface area contributed by atoms with Gasteiger partial charge in [0.2, 0.25) is 11.8 Å². The number of allylic oxidation sites excluding steroid dienone is 2. The molecule has 2 amide bonds. The van der Waals surface area contributed by atoms with E-state index in [9.17, 15) is 18.4 Å². The number of nitrogens with zero attached hydrogens (tertiary/aromatic N) is 1. The fraction of sp³-hybridized carbons (Fsp3) is 0.412. The first kappa shape index (κ1) is 13.6. The topological polar surface area (TPSA) is 37.4 Å². The van der Waals surface area contributed by atoms with Crippen LogP contribution in [-0.2, 0) is 15.0 Å². The maximum Gasteiger partial charge on any atom is 0.241 e. The Morgan fingerprint density at radius 3 is 2.55 bits per heavy atom. The smallest absolute Gasteiger partial charge is 0.241 e. The van der Waals surface area contributed by atoms with Crippen molar-refractivity contribution in [3.8, 4) is 0 Å². The van der Waals surface area contributed by atoms with Gasteiger partial charge in [0.1, 0.15) is 0 Å². The summed E-state index contributed by atoms with van der Waals surface area (Å²) in [5.41, 5.74) is -0.656. The highest BCUT2D eigenvalue weighted by Crippen LogP contribution is 2.58. The van der Waals surface area contributed by atoms with Crippen LogP contribution in [0.1, 0.15) is 18.4 Å². The standard InChI is InChI=1S/C17H15F2NO2/c1-20-15(21)14-9-2-4-10(5-3-9)17(14,16(20)22)11-6-7-12(18)13(19)8-11/h2,4,6-10,14H,3,5H2,1H3. The van der Waals surface area contributed by atoms with Crippen LogP contribution >= 0.6 is 0 Å². The lowest BCUT2D eigenvalue weighted by Crippen LogP contribution is -2.53. The van der Waals surface area contributed by atoms with Crippen LogP contribution < -0.4 is 0 Å². The van der Waals surface area contributed by atoms with E-state index in [4.69, 9.17) is 0 Å². The number of amides is 2. The molecule has 0 radical (unpaired) electrons. The molecule has 1 aromatic carbocycles. The Morgan fingerprint density at radius 2 is 1.91 bits per heavy atom. The molecule has 4 atom stereocenters. The molecule has 0 N–H and O–H groups in total. The normalized spacial score (nSPS) is 36.1. The van der Waals surface area contributed by atoms with Crippen molar-refractivity contribution in [3.05, 3.63) is 47.5 Å². The third kappa shape index (κ3) is 1.39. The number of fused-ring (bicyclic) bond motifs is 1. The van der Waals surface area contributed by atoms with Crippen molar-refractivity contribution < 1.29 is 18.4 Å². The van der Waals surface area contributed by atoms with Gasteiger partial charge in [-0.2, -0.15) is 0 Å². The van der Waals surface area contributed by atoms with Crippen molar-refractivity contribution in [1.82, 2.24) is 4.90 Å². The van der Waals surface area contributed by atoms with Crippen LogP contribution in [0.25, 0.3) is 0 Å². The highest BCUT2D eigenvalue weighted by atomic mass is 19.2. The van der Waals surface area contributed by atoms with Gasteiger partial charge in [-0.05, 0) is 42.4 Å². The summed E-state index contributed by atoms with van der Waals surface area (Å²) in [5.74, 6) is -3.10. The SMILES string of the molecule is CN1C(=O)C2C3C=CC(CC3)C2(c2ccc(F)c(F)c2)C1=O. The number of likely N-dealkylation sites (tertiary alicyclic amines) is 1. The number of likely N-dealkylation sites (N-methyl/N-ethyl adjacent to an activating group) is 1. The fourth-order valence-corrected chi connectivity index (χ4v) is 4.59. The minimum absolute atomic E-state index is 0.0143. The Labute approximate surface area is 126 Å². The second-order valence-electron chi connectivity index (χ2n) is 6.41. The Morgan fingerprint density at radius 1 is 1.14 bits per heavy atom. The summed E-state index contributed by atoms with van der Waals surface area (Å²) in [6.45, 7) is 0. The van der Waals surface area contributed by atoms with Gasteiger partial charge in [-0.1, -0.05) is 18.2 Å². The monoisotopic (exact) mass is 303 g/mol. The Balaban J connectivity index is 1.99. The number of benzene rings is 1. The minimum Gasteiger partial charge on any atom is -0.285 e. The fourth-order valence-electron chi connectivity index (χ4n) is 4.59. The van der Waals surface area contributed by atoms with Gasteiger partial charge >= 0.3 is 0 Å². The zero-order valence-electron chi connectivity index (χ0n) is 12.1. The van der Waals surface area contributed by atoms with Crippen LogP contribution in [0.4, 0.5) is 8.78 Å². The number of carbonyl (C=O) groups is 2. The van der Waals surface area contributed by atoms with E-state index in [1.807, 2.05) is 12.2 Å². The van der Waals surface area contributed by atoms with E-state index < -0.39 is 23.0 Å². The summed E-state index contributed by atoms with van der Waals surface area (Å²) >= 11 is 0. The zero-order valence-corrected chi connectivity index (χ0v) is 12.1. The van der Waals surface area contributed by atoms with E-state index in [-0.39, 0.29) is 23.7 Å². The molecule has 1 aliphatic heterocycles. The number of carbonyl (C=O) groups excluding carboxylic acids is 2. The molecule has 1 aromatic rings. The molecule has 2 bridgehead atoms. The number of imide groups is 1. The van der Waals surface area contributed by atoms with Crippen LogP contribution in [0, 0.1) is 29.4 Å². The van der Waals surface area contributed by atoms with Crippen molar-refractivity contribution in [2.24, 2.45) is 17.8 Å². The van der Waals surface area contributed by atoms with Gasteiger partial charge < -0.3 is 0 Å². The van der Waals surface area contributed by atoms with E-state index in [2.05, 4.69) is 0 Å².